The van der Waals surface area contributed by atoms with E-state index < -0.39 is 0 Å². The third-order valence-electron chi connectivity index (χ3n) is 2.53. The molecule has 3 heteroatoms. The molecule has 1 heterocycles. The largest absolute Gasteiger partial charge is 0.368 e. The van der Waals surface area contributed by atoms with Crippen molar-refractivity contribution in [3.63, 3.8) is 0 Å². The lowest BCUT2D eigenvalue weighted by molar-refractivity contribution is 0.372. The first-order valence-electron chi connectivity index (χ1n) is 4.80. The monoisotopic (exact) mass is 301 g/mol. The van der Waals surface area contributed by atoms with Crippen molar-refractivity contribution in [3.05, 3.63) is 34.4 Å². The Morgan fingerprint density at radius 1 is 1.21 bits per heavy atom. The first-order valence-corrected chi connectivity index (χ1v) is 5.88. The summed E-state index contributed by atoms with van der Waals surface area (Å²) in [5, 5.41) is 0. The summed E-state index contributed by atoms with van der Waals surface area (Å²) in [6.07, 6.45) is 0. The molecule has 1 aromatic rings. The predicted octanol–water partition coefficient (Wildman–Crippen LogP) is 2.20. The van der Waals surface area contributed by atoms with Crippen LogP contribution in [-0.4, -0.2) is 31.6 Å². The van der Waals surface area contributed by atoms with Crippen LogP contribution < -0.4 is 4.90 Å². The number of hydrogen-bond acceptors (Lipinski definition) is 2. The van der Waals surface area contributed by atoms with Gasteiger partial charge in [-0.3, -0.25) is 4.90 Å². The Kier molecular flexibility index (Phi) is 3.28. The molecule has 0 atom stereocenters. The SMILES string of the molecule is CN1[CH]CN(c2ccccc2I)CC1. The highest BCUT2D eigenvalue weighted by molar-refractivity contribution is 14.1. The van der Waals surface area contributed by atoms with Gasteiger partial charge in [-0.1, -0.05) is 12.1 Å². The molecule has 0 aliphatic carbocycles. The molecule has 2 nitrogen and oxygen atoms in total. The Labute approximate surface area is 99.0 Å². The zero-order valence-corrected chi connectivity index (χ0v) is 10.4. The van der Waals surface area contributed by atoms with Gasteiger partial charge in [0.2, 0.25) is 0 Å². The van der Waals surface area contributed by atoms with E-state index in [1.807, 2.05) is 0 Å². The van der Waals surface area contributed by atoms with Crippen molar-refractivity contribution < 1.29 is 0 Å². The normalized spacial score (nSPS) is 18.6. The van der Waals surface area contributed by atoms with Crippen LogP contribution in [0.25, 0.3) is 0 Å². The van der Waals surface area contributed by atoms with Gasteiger partial charge in [-0.2, -0.15) is 0 Å². The van der Waals surface area contributed by atoms with Gasteiger partial charge in [-0.25, -0.2) is 0 Å². The zero-order valence-electron chi connectivity index (χ0n) is 8.28. The number of benzene rings is 1. The second kappa shape index (κ2) is 4.49. The predicted molar refractivity (Wildman–Crippen MR) is 68.3 cm³/mol. The van der Waals surface area contributed by atoms with Gasteiger partial charge >= 0.3 is 0 Å². The average Bonchev–Trinajstić information content (AvgIpc) is 2.20. The van der Waals surface area contributed by atoms with E-state index in [0.29, 0.717) is 0 Å². The Hall–Kier alpha value is -0.290. The zero-order chi connectivity index (χ0) is 9.97. The standard InChI is InChI=1S/C11H14IN2/c1-13-6-8-14(9-7-13)11-5-3-2-4-10(11)12/h2-6H,7-9H2,1H3. The summed E-state index contributed by atoms with van der Waals surface area (Å²) in [6.45, 7) is 5.50. The molecule has 1 fully saturated rings. The van der Waals surface area contributed by atoms with Crippen molar-refractivity contribution in [1.82, 2.24) is 4.90 Å². The number of piperazine rings is 1. The molecule has 0 bridgehead atoms. The van der Waals surface area contributed by atoms with Gasteiger partial charge in [0.05, 0.1) is 5.69 Å². The van der Waals surface area contributed by atoms with E-state index in [-0.39, 0.29) is 0 Å². The summed E-state index contributed by atoms with van der Waals surface area (Å²) in [5.41, 5.74) is 1.36. The lowest BCUT2D eigenvalue weighted by Crippen LogP contribution is -2.41. The molecule has 1 saturated heterocycles. The topological polar surface area (TPSA) is 6.48 Å². The van der Waals surface area contributed by atoms with Gasteiger partial charge in [0, 0.05) is 29.7 Å². The molecule has 1 aliphatic rings. The van der Waals surface area contributed by atoms with Gasteiger partial charge in [0.25, 0.3) is 0 Å². The van der Waals surface area contributed by atoms with Crippen molar-refractivity contribution in [3.8, 4) is 0 Å². The Morgan fingerprint density at radius 3 is 2.64 bits per heavy atom. The second-order valence-electron chi connectivity index (χ2n) is 3.56. The summed E-state index contributed by atoms with van der Waals surface area (Å²) in [6, 6.07) is 8.55. The van der Waals surface area contributed by atoms with Crippen LogP contribution >= 0.6 is 22.6 Å². The Bertz CT molecular complexity index is 306. The highest BCUT2D eigenvalue weighted by atomic mass is 127. The molecular formula is C11H14IN2. The van der Waals surface area contributed by atoms with Crippen molar-refractivity contribution in [2.45, 2.75) is 0 Å². The van der Waals surface area contributed by atoms with Gasteiger partial charge < -0.3 is 4.90 Å². The molecule has 0 amide bonds. The summed E-state index contributed by atoms with van der Waals surface area (Å²) < 4.78 is 1.34. The fourth-order valence-corrected chi connectivity index (χ4v) is 2.35. The van der Waals surface area contributed by atoms with Crippen LogP contribution in [0.4, 0.5) is 5.69 Å². The summed E-state index contributed by atoms with van der Waals surface area (Å²) in [5.74, 6) is 0. The van der Waals surface area contributed by atoms with E-state index >= 15 is 0 Å². The highest BCUT2D eigenvalue weighted by Gasteiger charge is 2.15. The quantitative estimate of drug-likeness (QED) is 0.734. The number of rotatable bonds is 1. The van der Waals surface area contributed by atoms with E-state index in [1.54, 1.807) is 0 Å². The van der Waals surface area contributed by atoms with Crippen molar-refractivity contribution in [2.24, 2.45) is 0 Å². The second-order valence-corrected chi connectivity index (χ2v) is 4.72. The minimum Gasteiger partial charge on any atom is -0.368 e. The number of para-hydroxylation sites is 1. The first-order chi connectivity index (χ1) is 6.77. The van der Waals surface area contributed by atoms with E-state index in [0.717, 1.165) is 19.6 Å². The molecule has 0 saturated carbocycles. The molecule has 1 radical (unpaired) electrons. The summed E-state index contributed by atoms with van der Waals surface area (Å²) in [7, 11) is 2.13. The highest BCUT2D eigenvalue weighted by Crippen LogP contribution is 2.23. The van der Waals surface area contributed by atoms with Gasteiger partial charge in [-0.05, 0) is 41.8 Å². The molecular weight excluding hydrogens is 287 g/mol. The Balaban J connectivity index is 2.12. The van der Waals surface area contributed by atoms with E-state index in [4.69, 9.17) is 0 Å². The van der Waals surface area contributed by atoms with Crippen LogP contribution in [0.2, 0.25) is 0 Å². The smallest absolute Gasteiger partial charge is 0.0502 e. The van der Waals surface area contributed by atoms with Crippen molar-refractivity contribution >= 4 is 28.3 Å². The van der Waals surface area contributed by atoms with Crippen LogP contribution in [0.15, 0.2) is 24.3 Å². The molecule has 1 aliphatic heterocycles. The Morgan fingerprint density at radius 2 is 2.00 bits per heavy atom. The molecule has 0 spiro atoms. The maximum absolute atomic E-state index is 2.42. The first kappa shape index (κ1) is 10.2. The summed E-state index contributed by atoms with van der Waals surface area (Å²) >= 11 is 2.40. The number of likely N-dealkylation sites (N-methyl/N-ethyl adjacent to an activating group) is 1. The minimum absolute atomic E-state index is 1.02. The van der Waals surface area contributed by atoms with Crippen LogP contribution in [0, 0.1) is 10.1 Å². The van der Waals surface area contributed by atoms with Crippen LogP contribution in [0.1, 0.15) is 0 Å². The number of nitrogens with zero attached hydrogens (tertiary/aromatic N) is 2. The third kappa shape index (κ3) is 2.20. The molecule has 0 N–H and O–H groups in total. The minimum atomic E-state index is 1.02. The molecule has 1 aromatic carbocycles. The van der Waals surface area contributed by atoms with E-state index in [9.17, 15) is 0 Å². The number of halogens is 1. The maximum Gasteiger partial charge on any atom is 0.0502 e. The lowest BCUT2D eigenvalue weighted by atomic mass is 10.2. The van der Waals surface area contributed by atoms with Crippen LogP contribution in [0.5, 0.6) is 0 Å². The summed E-state index contributed by atoms with van der Waals surface area (Å²) in [4.78, 5) is 4.67. The molecule has 2 rings (SSSR count). The number of hydrogen-bond donors (Lipinski definition) is 0. The average molecular weight is 301 g/mol. The lowest BCUT2D eigenvalue weighted by Gasteiger charge is -2.34. The van der Waals surface area contributed by atoms with Crippen LogP contribution in [0.3, 0.4) is 0 Å². The fraction of sp³-hybridized carbons (Fsp3) is 0.364. The van der Waals surface area contributed by atoms with Gasteiger partial charge in [0.1, 0.15) is 0 Å². The number of anilines is 1. The van der Waals surface area contributed by atoms with E-state index in [2.05, 4.69) is 70.2 Å². The fourth-order valence-electron chi connectivity index (χ4n) is 1.63. The third-order valence-corrected chi connectivity index (χ3v) is 3.44. The molecule has 14 heavy (non-hydrogen) atoms. The van der Waals surface area contributed by atoms with Gasteiger partial charge in [-0.15, -0.1) is 0 Å². The molecule has 75 valence electrons. The molecule has 0 aromatic heterocycles. The van der Waals surface area contributed by atoms with E-state index in [1.165, 1.54) is 9.26 Å². The van der Waals surface area contributed by atoms with Crippen LogP contribution in [-0.2, 0) is 0 Å². The van der Waals surface area contributed by atoms with Crippen molar-refractivity contribution in [1.29, 1.82) is 0 Å². The van der Waals surface area contributed by atoms with Gasteiger partial charge in [0.15, 0.2) is 0 Å². The van der Waals surface area contributed by atoms with Crippen molar-refractivity contribution in [2.75, 3.05) is 31.6 Å². The molecule has 0 unspecified atom stereocenters. The maximum atomic E-state index is 2.42.